The van der Waals surface area contributed by atoms with E-state index in [-0.39, 0.29) is 11.5 Å². The molecule has 1 aliphatic rings. The smallest absolute Gasteiger partial charge is 0.342 e. The molecule has 1 aliphatic carbocycles. The molecule has 1 aromatic rings. The molecule has 86 valence electrons. The van der Waals surface area contributed by atoms with Crippen LogP contribution in [0.25, 0.3) is 0 Å². The average molecular weight is 224 g/mol. The minimum absolute atomic E-state index is 0.0160. The zero-order valence-electron chi connectivity index (χ0n) is 8.98. The Balaban J connectivity index is 2.56. The fourth-order valence-electron chi connectivity index (χ4n) is 1.78. The maximum absolute atomic E-state index is 11.5. The number of hydrogen-bond donors (Lipinski definition) is 2. The van der Waals surface area contributed by atoms with Crippen molar-refractivity contribution in [2.75, 3.05) is 0 Å². The molecule has 1 saturated carbocycles. The van der Waals surface area contributed by atoms with Crippen LogP contribution in [0.5, 0.6) is 0 Å². The molecule has 2 N–H and O–H groups in total. The summed E-state index contributed by atoms with van der Waals surface area (Å²) >= 11 is 0. The van der Waals surface area contributed by atoms with Crippen molar-refractivity contribution < 1.29 is 9.90 Å². The van der Waals surface area contributed by atoms with Crippen molar-refractivity contribution in [2.24, 2.45) is 5.41 Å². The normalized spacial score (nSPS) is 21.8. The van der Waals surface area contributed by atoms with Crippen LogP contribution in [0, 0.1) is 5.41 Å². The summed E-state index contributed by atoms with van der Waals surface area (Å²) in [6.45, 7) is 3.96. The Morgan fingerprint density at radius 2 is 2.12 bits per heavy atom. The summed E-state index contributed by atoms with van der Waals surface area (Å²) in [5.74, 6) is -1.33. The summed E-state index contributed by atoms with van der Waals surface area (Å²) in [5, 5.41) is 8.78. The molecule has 1 unspecified atom stereocenters. The van der Waals surface area contributed by atoms with Gasteiger partial charge in [0.05, 0.1) is 0 Å². The maximum Gasteiger partial charge on any atom is 0.342 e. The Bertz CT molecular complexity index is 567. The predicted molar refractivity (Wildman–Crippen MR) is 55.7 cm³/mol. The number of nitrogens with zero attached hydrogens (tertiary/aromatic N) is 1. The van der Waals surface area contributed by atoms with E-state index in [9.17, 15) is 14.4 Å². The largest absolute Gasteiger partial charge is 0.477 e. The third-order valence-corrected chi connectivity index (χ3v) is 3.00. The Morgan fingerprint density at radius 1 is 1.56 bits per heavy atom. The van der Waals surface area contributed by atoms with Gasteiger partial charge in [-0.1, -0.05) is 13.8 Å². The van der Waals surface area contributed by atoms with E-state index in [1.54, 1.807) is 0 Å². The lowest BCUT2D eigenvalue weighted by molar-refractivity contribution is 0.0693. The first kappa shape index (κ1) is 10.7. The third kappa shape index (κ3) is 1.56. The van der Waals surface area contributed by atoms with E-state index in [2.05, 4.69) is 0 Å². The Labute approximate surface area is 90.5 Å². The van der Waals surface area contributed by atoms with Gasteiger partial charge < -0.3 is 5.11 Å². The van der Waals surface area contributed by atoms with Crippen LogP contribution >= 0.6 is 0 Å². The number of carboxylic acids is 1. The highest BCUT2D eigenvalue weighted by atomic mass is 16.4. The van der Waals surface area contributed by atoms with Gasteiger partial charge in [0.2, 0.25) is 0 Å². The van der Waals surface area contributed by atoms with E-state index in [1.165, 1.54) is 4.57 Å². The first-order valence-electron chi connectivity index (χ1n) is 4.92. The lowest BCUT2D eigenvalue weighted by atomic mass is 10.2. The van der Waals surface area contributed by atoms with Crippen LogP contribution < -0.4 is 11.2 Å². The topological polar surface area (TPSA) is 92.2 Å². The van der Waals surface area contributed by atoms with Crippen LogP contribution in [-0.4, -0.2) is 20.6 Å². The molecular weight excluding hydrogens is 212 g/mol. The van der Waals surface area contributed by atoms with Crippen LogP contribution in [0.1, 0.15) is 36.7 Å². The summed E-state index contributed by atoms with van der Waals surface area (Å²) in [6.07, 6.45) is 1.93. The van der Waals surface area contributed by atoms with E-state index in [1.807, 2.05) is 18.8 Å². The number of aromatic carboxylic acids is 1. The molecule has 0 aliphatic heterocycles. The SMILES string of the molecule is CC1(C)CC1n1cc(C(=O)O)c(=O)[nH]c1=O. The standard InChI is InChI=1S/C10H12N2O4/c1-10(2)3-6(10)12-4-5(8(14)15)7(13)11-9(12)16/h4,6H,3H2,1-2H3,(H,14,15)(H,11,13,16). The second-order valence-corrected chi connectivity index (χ2v) is 4.72. The van der Waals surface area contributed by atoms with Gasteiger partial charge in [-0.15, -0.1) is 0 Å². The number of rotatable bonds is 2. The predicted octanol–water partition coefficient (Wildman–Crippen LogP) is 0.206. The fraction of sp³-hybridized carbons (Fsp3) is 0.500. The highest BCUT2D eigenvalue weighted by Crippen LogP contribution is 2.54. The lowest BCUT2D eigenvalue weighted by Gasteiger charge is -2.07. The summed E-state index contributed by atoms with van der Waals surface area (Å²) in [7, 11) is 0. The van der Waals surface area contributed by atoms with Crippen LogP contribution in [0.3, 0.4) is 0 Å². The molecule has 1 fully saturated rings. The molecule has 16 heavy (non-hydrogen) atoms. The van der Waals surface area contributed by atoms with E-state index >= 15 is 0 Å². The van der Waals surface area contributed by atoms with E-state index in [0.717, 1.165) is 12.6 Å². The van der Waals surface area contributed by atoms with Gasteiger partial charge in [-0.25, -0.2) is 9.59 Å². The third-order valence-electron chi connectivity index (χ3n) is 3.00. The number of aromatic nitrogens is 2. The number of H-pyrrole nitrogens is 1. The van der Waals surface area contributed by atoms with Crippen molar-refractivity contribution in [1.82, 2.24) is 9.55 Å². The van der Waals surface area contributed by atoms with Crippen LogP contribution in [0.2, 0.25) is 0 Å². The van der Waals surface area contributed by atoms with Gasteiger partial charge in [-0.05, 0) is 11.8 Å². The quantitative estimate of drug-likeness (QED) is 0.750. The lowest BCUT2D eigenvalue weighted by Crippen LogP contribution is -2.33. The van der Waals surface area contributed by atoms with Gasteiger partial charge in [-0.3, -0.25) is 14.3 Å². The molecule has 0 radical (unpaired) electrons. The van der Waals surface area contributed by atoms with Crippen molar-refractivity contribution in [3.63, 3.8) is 0 Å². The molecule has 6 heteroatoms. The first-order valence-corrected chi connectivity index (χ1v) is 4.92. The molecule has 0 amide bonds. The molecule has 0 saturated heterocycles. The zero-order valence-corrected chi connectivity index (χ0v) is 8.98. The average Bonchev–Trinajstić information content (AvgIpc) is 2.74. The molecule has 1 heterocycles. The minimum atomic E-state index is -1.33. The summed E-state index contributed by atoms with van der Waals surface area (Å²) in [5.41, 5.74) is -1.82. The number of aromatic amines is 1. The summed E-state index contributed by atoms with van der Waals surface area (Å²) in [4.78, 5) is 35.5. The van der Waals surface area contributed by atoms with E-state index in [4.69, 9.17) is 5.11 Å². The monoisotopic (exact) mass is 224 g/mol. The zero-order chi connectivity index (χ0) is 12.1. The molecule has 1 atom stereocenters. The molecule has 2 rings (SSSR count). The van der Waals surface area contributed by atoms with Crippen molar-refractivity contribution in [3.8, 4) is 0 Å². The Morgan fingerprint density at radius 3 is 2.56 bits per heavy atom. The van der Waals surface area contributed by atoms with Crippen LogP contribution in [0.15, 0.2) is 15.8 Å². The summed E-state index contributed by atoms with van der Waals surface area (Å²) < 4.78 is 1.30. The van der Waals surface area contributed by atoms with Crippen molar-refractivity contribution >= 4 is 5.97 Å². The number of hydrogen-bond acceptors (Lipinski definition) is 3. The number of nitrogens with one attached hydrogen (secondary N) is 1. The van der Waals surface area contributed by atoms with Gasteiger partial charge in [0.1, 0.15) is 5.56 Å². The molecule has 0 aromatic carbocycles. The maximum atomic E-state index is 11.5. The van der Waals surface area contributed by atoms with Crippen molar-refractivity contribution in [2.45, 2.75) is 26.3 Å². The van der Waals surface area contributed by atoms with Crippen LogP contribution in [0.4, 0.5) is 0 Å². The van der Waals surface area contributed by atoms with Gasteiger partial charge in [0.15, 0.2) is 0 Å². The Kier molecular flexibility index (Phi) is 2.04. The second kappa shape index (κ2) is 3.07. The van der Waals surface area contributed by atoms with Gasteiger partial charge in [0.25, 0.3) is 5.56 Å². The van der Waals surface area contributed by atoms with E-state index < -0.39 is 22.8 Å². The molecule has 0 spiro atoms. The first-order chi connectivity index (χ1) is 7.33. The highest BCUT2D eigenvalue weighted by Gasteiger charge is 2.47. The van der Waals surface area contributed by atoms with Crippen molar-refractivity contribution in [3.05, 3.63) is 32.6 Å². The minimum Gasteiger partial charge on any atom is -0.477 e. The summed E-state index contributed by atoms with van der Waals surface area (Å²) in [6, 6.07) is -0.0325. The van der Waals surface area contributed by atoms with Gasteiger partial charge in [0, 0.05) is 12.2 Å². The van der Waals surface area contributed by atoms with Crippen LogP contribution in [-0.2, 0) is 0 Å². The molecular formula is C10H12N2O4. The van der Waals surface area contributed by atoms with Crippen molar-refractivity contribution in [1.29, 1.82) is 0 Å². The fourth-order valence-corrected chi connectivity index (χ4v) is 1.78. The van der Waals surface area contributed by atoms with Gasteiger partial charge >= 0.3 is 11.7 Å². The van der Waals surface area contributed by atoms with E-state index in [0.29, 0.717) is 0 Å². The second-order valence-electron chi connectivity index (χ2n) is 4.72. The molecule has 1 aromatic heterocycles. The highest BCUT2D eigenvalue weighted by molar-refractivity contribution is 5.86. The molecule has 0 bridgehead atoms. The number of carbonyl (C=O) groups is 1. The molecule has 6 nitrogen and oxygen atoms in total. The number of carboxylic acid groups (broad SMARTS) is 1. The van der Waals surface area contributed by atoms with Gasteiger partial charge in [-0.2, -0.15) is 0 Å². The Hall–Kier alpha value is -1.85.